The zero-order valence-electron chi connectivity index (χ0n) is 18.7. The number of phenolic OH excluding ortho intramolecular Hbond substituents is 2. The molecule has 0 aliphatic carbocycles. The standard InChI is InChI=1S/C25H22ClN3O7/c26-20-8-14(12-27-23(33)16-9-17(30)11-18(31)10-16)6-7-19(20)24(34)29-21(25(35)36)13-28-22(32)15-4-2-1-3-5-15/h1-11,21,30-31H,12-13H2,(H,27,33)(H,28,32)(H,29,34)(H,35,36). The number of rotatable bonds is 9. The van der Waals surface area contributed by atoms with E-state index >= 15 is 0 Å². The Morgan fingerprint density at radius 1 is 0.778 bits per heavy atom. The summed E-state index contributed by atoms with van der Waals surface area (Å²) in [6.45, 7) is -0.318. The smallest absolute Gasteiger partial charge is 0.328 e. The van der Waals surface area contributed by atoms with Crippen LogP contribution in [0.25, 0.3) is 0 Å². The van der Waals surface area contributed by atoms with E-state index in [1.54, 1.807) is 30.3 Å². The number of benzene rings is 3. The first-order valence-electron chi connectivity index (χ1n) is 10.6. The van der Waals surface area contributed by atoms with Crippen LogP contribution in [0.2, 0.25) is 5.02 Å². The Labute approximate surface area is 210 Å². The molecule has 0 saturated carbocycles. The highest BCUT2D eigenvalue weighted by atomic mass is 35.5. The van der Waals surface area contributed by atoms with E-state index < -0.39 is 29.7 Å². The number of nitrogens with one attached hydrogen (secondary N) is 3. The minimum atomic E-state index is -1.40. The maximum Gasteiger partial charge on any atom is 0.328 e. The number of hydrogen-bond acceptors (Lipinski definition) is 6. The van der Waals surface area contributed by atoms with E-state index in [2.05, 4.69) is 16.0 Å². The summed E-state index contributed by atoms with van der Waals surface area (Å²) in [6.07, 6.45) is 0. The average molecular weight is 512 g/mol. The molecule has 0 heterocycles. The maximum absolute atomic E-state index is 12.6. The summed E-state index contributed by atoms with van der Waals surface area (Å²) in [5.41, 5.74) is 0.942. The van der Waals surface area contributed by atoms with Crippen LogP contribution in [-0.2, 0) is 11.3 Å². The SMILES string of the molecule is O=C(NCc1ccc(C(=O)NC(CNC(=O)c2ccccc2)C(=O)O)c(Cl)c1)c1cc(O)cc(O)c1. The fraction of sp³-hybridized carbons (Fsp3) is 0.120. The third-order valence-corrected chi connectivity index (χ3v) is 5.31. The minimum absolute atomic E-state index is 0.00489. The molecule has 3 aromatic rings. The predicted molar refractivity (Wildman–Crippen MR) is 130 cm³/mol. The molecule has 1 unspecified atom stereocenters. The fourth-order valence-corrected chi connectivity index (χ4v) is 3.47. The number of carbonyl (C=O) groups is 4. The molecule has 0 aromatic heterocycles. The van der Waals surface area contributed by atoms with Gasteiger partial charge in [0.1, 0.15) is 17.5 Å². The molecule has 3 rings (SSSR count). The number of hydrogen-bond donors (Lipinski definition) is 6. The second-order valence-corrected chi connectivity index (χ2v) is 8.08. The Morgan fingerprint density at radius 2 is 1.42 bits per heavy atom. The lowest BCUT2D eigenvalue weighted by molar-refractivity contribution is -0.139. The molecule has 0 bridgehead atoms. The Kier molecular flexibility index (Phi) is 8.48. The number of aromatic hydroxyl groups is 2. The van der Waals surface area contributed by atoms with Crippen molar-refractivity contribution in [2.75, 3.05) is 6.54 Å². The van der Waals surface area contributed by atoms with E-state index in [9.17, 15) is 34.5 Å². The van der Waals surface area contributed by atoms with Crippen LogP contribution in [0.15, 0.2) is 66.7 Å². The van der Waals surface area contributed by atoms with Gasteiger partial charge in [0.15, 0.2) is 0 Å². The molecule has 3 aromatic carbocycles. The molecule has 6 N–H and O–H groups in total. The number of carboxylic acid groups (broad SMARTS) is 1. The van der Waals surface area contributed by atoms with Gasteiger partial charge in [-0.15, -0.1) is 0 Å². The molecule has 0 fully saturated rings. The normalized spacial score (nSPS) is 11.2. The lowest BCUT2D eigenvalue weighted by Crippen LogP contribution is -2.48. The van der Waals surface area contributed by atoms with Crippen LogP contribution in [0.5, 0.6) is 11.5 Å². The zero-order valence-corrected chi connectivity index (χ0v) is 19.5. The molecule has 0 spiro atoms. The highest BCUT2D eigenvalue weighted by molar-refractivity contribution is 6.34. The summed E-state index contributed by atoms with van der Waals surface area (Å²) in [4.78, 5) is 48.6. The summed E-state index contributed by atoms with van der Waals surface area (Å²) >= 11 is 6.21. The molecular formula is C25H22ClN3O7. The quantitative estimate of drug-likeness (QED) is 0.256. The second-order valence-electron chi connectivity index (χ2n) is 7.68. The van der Waals surface area contributed by atoms with Crippen LogP contribution in [0.1, 0.15) is 36.6 Å². The molecule has 0 aliphatic heterocycles. The molecule has 10 nitrogen and oxygen atoms in total. The lowest BCUT2D eigenvalue weighted by atomic mass is 10.1. The first kappa shape index (κ1) is 26.0. The number of aliphatic carboxylic acids is 1. The minimum Gasteiger partial charge on any atom is -0.508 e. The van der Waals surface area contributed by atoms with E-state index in [0.29, 0.717) is 11.1 Å². The number of amides is 3. The van der Waals surface area contributed by atoms with Gasteiger partial charge in [0.25, 0.3) is 17.7 Å². The van der Waals surface area contributed by atoms with Crippen molar-refractivity contribution in [3.8, 4) is 11.5 Å². The highest BCUT2D eigenvalue weighted by Crippen LogP contribution is 2.21. The second kappa shape index (κ2) is 11.7. The van der Waals surface area contributed by atoms with Crippen LogP contribution in [0.3, 0.4) is 0 Å². The van der Waals surface area contributed by atoms with Gasteiger partial charge in [0, 0.05) is 30.3 Å². The number of carboxylic acids is 1. The molecule has 0 saturated heterocycles. The van der Waals surface area contributed by atoms with E-state index in [4.69, 9.17) is 11.6 Å². The third kappa shape index (κ3) is 6.97. The molecule has 36 heavy (non-hydrogen) atoms. The monoisotopic (exact) mass is 511 g/mol. The topological polar surface area (TPSA) is 165 Å². The molecule has 1 atom stereocenters. The van der Waals surface area contributed by atoms with Crippen molar-refractivity contribution in [2.45, 2.75) is 12.6 Å². The predicted octanol–water partition coefficient (Wildman–Crippen LogP) is 2.29. The summed E-state index contributed by atoms with van der Waals surface area (Å²) in [5.74, 6) is -3.67. The van der Waals surface area contributed by atoms with Crippen molar-refractivity contribution in [1.29, 1.82) is 0 Å². The average Bonchev–Trinajstić information content (AvgIpc) is 2.84. The molecule has 11 heteroatoms. The summed E-state index contributed by atoms with van der Waals surface area (Å²) in [6, 6.07) is 14.6. The van der Waals surface area contributed by atoms with Crippen molar-refractivity contribution in [3.05, 3.63) is 94.0 Å². The Morgan fingerprint density at radius 3 is 2.03 bits per heavy atom. The molecule has 0 radical (unpaired) electrons. The summed E-state index contributed by atoms with van der Waals surface area (Å²) < 4.78 is 0. The maximum atomic E-state index is 12.6. The highest BCUT2D eigenvalue weighted by Gasteiger charge is 2.23. The van der Waals surface area contributed by atoms with Gasteiger partial charge in [-0.25, -0.2) is 4.79 Å². The van der Waals surface area contributed by atoms with Gasteiger partial charge in [-0.05, 0) is 42.0 Å². The van der Waals surface area contributed by atoms with Gasteiger partial charge in [0.05, 0.1) is 10.6 Å². The van der Waals surface area contributed by atoms with E-state index in [0.717, 1.165) is 6.07 Å². The van der Waals surface area contributed by atoms with Crippen molar-refractivity contribution >= 4 is 35.3 Å². The van der Waals surface area contributed by atoms with Crippen molar-refractivity contribution in [3.63, 3.8) is 0 Å². The molecule has 3 amide bonds. The van der Waals surface area contributed by atoms with Gasteiger partial charge in [-0.2, -0.15) is 0 Å². The van der Waals surface area contributed by atoms with Gasteiger partial charge >= 0.3 is 5.97 Å². The van der Waals surface area contributed by atoms with E-state index in [1.807, 2.05) is 0 Å². The van der Waals surface area contributed by atoms with E-state index in [-0.39, 0.29) is 40.7 Å². The van der Waals surface area contributed by atoms with E-state index in [1.165, 1.54) is 30.3 Å². The largest absolute Gasteiger partial charge is 0.508 e. The first-order chi connectivity index (χ1) is 17.1. The van der Waals surface area contributed by atoms with Crippen LogP contribution >= 0.6 is 11.6 Å². The molecule has 0 aliphatic rings. The summed E-state index contributed by atoms with van der Waals surface area (Å²) in [7, 11) is 0. The number of phenols is 2. The lowest BCUT2D eigenvalue weighted by Gasteiger charge is -2.16. The van der Waals surface area contributed by atoms with Gasteiger partial charge < -0.3 is 31.3 Å². The number of carbonyl (C=O) groups excluding carboxylic acids is 3. The van der Waals surface area contributed by atoms with Crippen LogP contribution in [0.4, 0.5) is 0 Å². The summed E-state index contributed by atoms with van der Waals surface area (Å²) in [5, 5.41) is 35.9. The van der Waals surface area contributed by atoms with Crippen molar-refractivity contribution in [1.82, 2.24) is 16.0 Å². The van der Waals surface area contributed by atoms with Crippen molar-refractivity contribution in [2.24, 2.45) is 0 Å². The van der Waals surface area contributed by atoms with Gasteiger partial charge in [0.2, 0.25) is 0 Å². The Bertz CT molecular complexity index is 1280. The zero-order chi connectivity index (χ0) is 26.2. The van der Waals surface area contributed by atoms with Crippen molar-refractivity contribution < 1.29 is 34.5 Å². The molecule has 186 valence electrons. The Hall–Kier alpha value is -4.57. The first-order valence-corrected chi connectivity index (χ1v) is 11.0. The van der Waals surface area contributed by atoms with Gasteiger partial charge in [-0.1, -0.05) is 35.9 Å². The van der Waals surface area contributed by atoms with Gasteiger partial charge in [-0.3, -0.25) is 14.4 Å². The molecular weight excluding hydrogens is 490 g/mol. The van der Waals surface area contributed by atoms with Crippen LogP contribution < -0.4 is 16.0 Å². The fourth-order valence-electron chi connectivity index (χ4n) is 3.19. The number of halogens is 1. The van der Waals surface area contributed by atoms with Crippen LogP contribution in [0, 0.1) is 0 Å². The third-order valence-electron chi connectivity index (χ3n) is 5.00. The Balaban J connectivity index is 1.60. The van der Waals surface area contributed by atoms with Crippen LogP contribution in [-0.4, -0.2) is 51.6 Å².